The van der Waals surface area contributed by atoms with Gasteiger partial charge in [0, 0.05) is 6.92 Å². The molecule has 2 nitrogen and oxygen atoms in total. The first-order chi connectivity index (χ1) is 6.09. The summed E-state index contributed by atoms with van der Waals surface area (Å²) in [4.78, 5) is 10.7. The van der Waals surface area contributed by atoms with Gasteiger partial charge in [0.1, 0.15) is 5.75 Å². The molecule has 0 saturated carbocycles. The molecular formula is C11H13O2. The highest BCUT2D eigenvalue weighted by Crippen LogP contribution is 2.19. The number of hydrogen-bond acceptors (Lipinski definition) is 2. The van der Waals surface area contributed by atoms with Crippen molar-refractivity contribution in [2.24, 2.45) is 0 Å². The van der Waals surface area contributed by atoms with E-state index in [1.54, 1.807) is 6.07 Å². The fourth-order valence-electron chi connectivity index (χ4n) is 1.05. The molecule has 1 aromatic carbocycles. The summed E-state index contributed by atoms with van der Waals surface area (Å²) in [6, 6.07) is 7.41. The van der Waals surface area contributed by atoms with Gasteiger partial charge >= 0.3 is 5.97 Å². The van der Waals surface area contributed by atoms with Crippen molar-refractivity contribution >= 4 is 5.97 Å². The zero-order valence-electron chi connectivity index (χ0n) is 7.91. The van der Waals surface area contributed by atoms with E-state index in [2.05, 4.69) is 6.92 Å². The number of carbonyl (C=O) groups excluding carboxylic acids is 1. The molecule has 0 spiro atoms. The average Bonchev–Trinajstić information content (AvgIpc) is 2.03. The summed E-state index contributed by atoms with van der Waals surface area (Å²) >= 11 is 0. The Bertz CT molecular complexity index is 303. The Balaban J connectivity index is 2.85. The van der Waals surface area contributed by atoms with Gasteiger partial charge in [-0.3, -0.25) is 4.79 Å². The molecular weight excluding hydrogens is 164 g/mol. The summed E-state index contributed by atoms with van der Waals surface area (Å²) in [6.45, 7) is 7.27. The van der Waals surface area contributed by atoms with Crippen LogP contribution in [0.3, 0.4) is 0 Å². The van der Waals surface area contributed by atoms with Gasteiger partial charge in [0.15, 0.2) is 0 Å². The first-order valence-corrected chi connectivity index (χ1v) is 4.21. The summed E-state index contributed by atoms with van der Waals surface area (Å²) in [6.07, 6.45) is 0. The van der Waals surface area contributed by atoms with Crippen LogP contribution in [0.5, 0.6) is 5.75 Å². The highest BCUT2D eigenvalue weighted by atomic mass is 16.5. The van der Waals surface area contributed by atoms with Crippen molar-refractivity contribution in [2.45, 2.75) is 19.8 Å². The molecule has 0 N–H and O–H groups in total. The first kappa shape index (κ1) is 9.78. The van der Waals surface area contributed by atoms with Crippen LogP contribution in [0.1, 0.15) is 25.3 Å². The Morgan fingerprint density at radius 2 is 2.23 bits per heavy atom. The maximum atomic E-state index is 10.7. The Morgan fingerprint density at radius 1 is 1.54 bits per heavy atom. The predicted octanol–water partition coefficient (Wildman–Crippen LogP) is 2.55. The molecule has 0 bridgehead atoms. The van der Waals surface area contributed by atoms with E-state index in [4.69, 9.17) is 4.74 Å². The van der Waals surface area contributed by atoms with Crippen molar-refractivity contribution in [2.75, 3.05) is 0 Å². The van der Waals surface area contributed by atoms with Crippen molar-refractivity contribution in [3.05, 3.63) is 36.8 Å². The van der Waals surface area contributed by atoms with E-state index >= 15 is 0 Å². The molecule has 0 aliphatic heterocycles. The molecule has 1 aromatic rings. The third-order valence-corrected chi connectivity index (χ3v) is 1.69. The summed E-state index contributed by atoms with van der Waals surface area (Å²) in [5, 5.41) is 0. The minimum Gasteiger partial charge on any atom is -0.427 e. The van der Waals surface area contributed by atoms with Crippen LogP contribution in [0.2, 0.25) is 0 Å². The van der Waals surface area contributed by atoms with E-state index in [0.29, 0.717) is 5.75 Å². The molecule has 0 saturated heterocycles. The van der Waals surface area contributed by atoms with E-state index in [1.807, 2.05) is 25.1 Å². The van der Waals surface area contributed by atoms with Crippen molar-refractivity contribution in [3.8, 4) is 5.75 Å². The van der Waals surface area contributed by atoms with Gasteiger partial charge in [-0.15, -0.1) is 0 Å². The van der Waals surface area contributed by atoms with Crippen molar-refractivity contribution in [1.29, 1.82) is 0 Å². The highest BCUT2D eigenvalue weighted by Gasteiger charge is 2.02. The molecule has 0 aromatic heterocycles. The molecule has 1 unspecified atom stereocenters. The lowest BCUT2D eigenvalue weighted by Gasteiger charge is -2.06. The molecule has 1 radical (unpaired) electrons. The monoisotopic (exact) mass is 177 g/mol. The highest BCUT2D eigenvalue weighted by molar-refractivity contribution is 5.69. The lowest BCUT2D eigenvalue weighted by molar-refractivity contribution is -0.131. The topological polar surface area (TPSA) is 26.3 Å². The molecule has 1 atom stereocenters. The lowest BCUT2D eigenvalue weighted by atomic mass is 10.0. The molecule has 69 valence electrons. The van der Waals surface area contributed by atoms with Crippen LogP contribution in [0.15, 0.2) is 24.3 Å². The molecule has 2 heteroatoms. The van der Waals surface area contributed by atoms with Crippen molar-refractivity contribution in [3.63, 3.8) is 0 Å². The van der Waals surface area contributed by atoms with Crippen LogP contribution in [0, 0.1) is 6.92 Å². The fourth-order valence-corrected chi connectivity index (χ4v) is 1.05. The maximum Gasteiger partial charge on any atom is 0.308 e. The lowest BCUT2D eigenvalue weighted by Crippen LogP contribution is -2.01. The third-order valence-electron chi connectivity index (χ3n) is 1.69. The summed E-state index contributed by atoms with van der Waals surface area (Å²) in [5.41, 5.74) is 1.07. The molecule has 0 aliphatic rings. The van der Waals surface area contributed by atoms with Crippen molar-refractivity contribution < 1.29 is 9.53 Å². The van der Waals surface area contributed by atoms with Crippen LogP contribution >= 0.6 is 0 Å². The Morgan fingerprint density at radius 3 is 2.77 bits per heavy atom. The van der Waals surface area contributed by atoms with Gasteiger partial charge in [-0.25, -0.2) is 0 Å². The molecule has 13 heavy (non-hydrogen) atoms. The molecule has 0 fully saturated rings. The number of esters is 1. The summed E-state index contributed by atoms with van der Waals surface area (Å²) < 4.78 is 4.94. The van der Waals surface area contributed by atoms with E-state index in [1.165, 1.54) is 6.92 Å². The molecule has 1 rings (SSSR count). The quantitative estimate of drug-likeness (QED) is 0.512. The van der Waals surface area contributed by atoms with Crippen molar-refractivity contribution in [1.82, 2.24) is 0 Å². The van der Waals surface area contributed by atoms with Crippen LogP contribution < -0.4 is 4.74 Å². The van der Waals surface area contributed by atoms with Gasteiger partial charge in [-0.05, 0) is 30.5 Å². The van der Waals surface area contributed by atoms with Gasteiger partial charge in [-0.1, -0.05) is 19.1 Å². The fraction of sp³-hybridized carbons (Fsp3) is 0.273. The predicted molar refractivity (Wildman–Crippen MR) is 51.5 cm³/mol. The van der Waals surface area contributed by atoms with Gasteiger partial charge in [-0.2, -0.15) is 0 Å². The average molecular weight is 177 g/mol. The largest absolute Gasteiger partial charge is 0.427 e. The van der Waals surface area contributed by atoms with E-state index in [0.717, 1.165) is 5.56 Å². The number of ether oxygens (including phenoxy) is 1. The minimum atomic E-state index is -0.297. The van der Waals surface area contributed by atoms with Gasteiger partial charge in [0.25, 0.3) is 0 Å². The maximum absolute atomic E-state index is 10.7. The zero-order chi connectivity index (χ0) is 9.84. The second-order valence-corrected chi connectivity index (χ2v) is 3.07. The summed E-state index contributed by atoms with van der Waals surface area (Å²) in [7, 11) is 0. The second-order valence-electron chi connectivity index (χ2n) is 3.07. The number of rotatable bonds is 2. The van der Waals surface area contributed by atoms with Crippen LogP contribution in [0.4, 0.5) is 0 Å². The Hall–Kier alpha value is -1.31. The number of benzene rings is 1. The van der Waals surface area contributed by atoms with Crippen LogP contribution in [0.25, 0.3) is 0 Å². The van der Waals surface area contributed by atoms with Gasteiger partial charge in [0.2, 0.25) is 0 Å². The standard InChI is InChI=1S/C11H13O2/c1-8(2)10-5-4-6-11(7-10)13-9(3)12/h4-8H,1H2,2-3H3. The van der Waals surface area contributed by atoms with E-state index < -0.39 is 0 Å². The zero-order valence-corrected chi connectivity index (χ0v) is 7.91. The summed E-state index contributed by atoms with van der Waals surface area (Å²) in [5.74, 6) is 0.491. The van der Waals surface area contributed by atoms with Gasteiger partial charge < -0.3 is 4.74 Å². The number of hydrogen-bond donors (Lipinski definition) is 0. The van der Waals surface area contributed by atoms with Crippen LogP contribution in [-0.4, -0.2) is 5.97 Å². The Kier molecular flexibility index (Phi) is 3.07. The van der Waals surface area contributed by atoms with Crippen LogP contribution in [-0.2, 0) is 4.79 Å². The van der Waals surface area contributed by atoms with E-state index in [9.17, 15) is 4.79 Å². The Labute approximate surface area is 78.5 Å². The van der Waals surface area contributed by atoms with Gasteiger partial charge in [0.05, 0.1) is 0 Å². The third kappa shape index (κ3) is 2.90. The molecule has 0 aliphatic carbocycles. The number of carbonyl (C=O) groups is 1. The smallest absolute Gasteiger partial charge is 0.308 e. The SMILES string of the molecule is [CH2]C(C)c1cccc(OC(C)=O)c1. The molecule has 0 amide bonds. The normalized spacial score (nSPS) is 10.2. The molecule has 0 heterocycles. The second kappa shape index (κ2) is 4.08. The minimum absolute atomic E-state index is 0.204. The first-order valence-electron chi connectivity index (χ1n) is 4.21. The van der Waals surface area contributed by atoms with E-state index in [-0.39, 0.29) is 11.9 Å².